The normalized spacial score (nSPS) is 13.1. The Morgan fingerprint density at radius 2 is 1.94 bits per heavy atom. The van der Waals surface area contributed by atoms with Crippen molar-refractivity contribution in [3.05, 3.63) is 65.0 Å². The summed E-state index contributed by atoms with van der Waals surface area (Å²) in [5, 5.41) is 11.4. The number of ether oxygens (including phenoxy) is 1. The van der Waals surface area contributed by atoms with Crippen LogP contribution in [0.25, 0.3) is 0 Å². The number of amides is 1. The molecule has 1 heterocycles. The average molecular weight is 438 g/mol. The molecule has 1 aliphatic carbocycles. The first-order valence-electron chi connectivity index (χ1n) is 10.7. The Hall–Kier alpha value is -2.80. The summed E-state index contributed by atoms with van der Waals surface area (Å²) in [5.41, 5.74) is 4.74. The van der Waals surface area contributed by atoms with Gasteiger partial charge in [-0.2, -0.15) is 0 Å². The highest BCUT2D eigenvalue weighted by Gasteiger charge is 2.14. The molecule has 1 aliphatic rings. The molecule has 0 unspecified atom stereocenters. The van der Waals surface area contributed by atoms with Crippen LogP contribution < -0.4 is 10.1 Å². The van der Waals surface area contributed by atoms with E-state index in [0.717, 1.165) is 29.8 Å². The SMILES string of the molecule is CC(C)c1ccccc1NC(=O)CSc1nnc(COc2ccc3c(c2)CCCC3)o1. The second kappa shape index (κ2) is 10.0. The van der Waals surface area contributed by atoms with Crippen LogP contribution in [0, 0.1) is 0 Å². The zero-order valence-electron chi connectivity index (χ0n) is 17.9. The van der Waals surface area contributed by atoms with Gasteiger partial charge in [0.25, 0.3) is 11.1 Å². The van der Waals surface area contributed by atoms with E-state index in [1.54, 1.807) is 0 Å². The molecule has 1 amide bonds. The Balaban J connectivity index is 1.27. The molecule has 0 radical (unpaired) electrons. The predicted octanol–water partition coefficient (Wildman–Crippen LogP) is 5.38. The van der Waals surface area contributed by atoms with Gasteiger partial charge in [-0.3, -0.25) is 4.79 Å². The van der Waals surface area contributed by atoms with Crippen molar-refractivity contribution < 1.29 is 13.9 Å². The standard InChI is InChI=1S/C24H27N3O3S/c1-16(2)20-9-5-6-10-21(20)25-22(28)15-31-24-27-26-23(30-24)14-29-19-12-11-17-7-3-4-8-18(17)13-19/h5-6,9-13,16H,3-4,7-8,14-15H2,1-2H3,(H,25,28). The monoisotopic (exact) mass is 437 g/mol. The second-order valence-electron chi connectivity index (χ2n) is 7.97. The quantitative estimate of drug-likeness (QED) is 0.477. The molecule has 6 nitrogen and oxygen atoms in total. The number of carbonyl (C=O) groups is 1. The second-order valence-corrected chi connectivity index (χ2v) is 8.89. The van der Waals surface area contributed by atoms with Gasteiger partial charge in [-0.25, -0.2) is 0 Å². The molecule has 0 atom stereocenters. The van der Waals surface area contributed by atoms with Crippen molar-refractivity contribution in [1.29, 1.82) is 0 Å². The third kappa shape index (κ3) is 5.67. The molecule has 0 spiro atoms. The van der Waals surface area contributed by atoms with Crippen molar-refractivity contribution in [2.24, 2.45) is 0 Å². The number of rotatable bonds is 8. The smallest absolute Gasteiger partial charge is 0.277 e. The number of anilines is 1. The Morgan fingerprint density at radius 3 is 2.77 bits per heavy atom. The van der Waals surface area contributed by atoms with Crippen LogP contribution >= 0.6 is 11.8 Å². The van der Waals surface area contributed by atoms with Crippen LogP contribution in [0.1, 0.15) is 55.2 Å². The molecule has 0 saturated carbocycles. The van der Waals surface area contributed by atoms with Crippen molar-refractivity contribution in [2.45, 2.75) is 57.3 Å². The minimum atomic E-state index is -0.108. The van der Waals surface area contributed by atoms with Gasteiger partial charge in [0, 0.05) is 5.69 Å². The summed E-state index contributed by atoms with van der Waals surface area (Å²) in [7, 11) is 0. The lowest BCUT2D eigenvalue weighted by atomic mass is 9.92. The number of nitrogens with one attached hydrogen (secondary N) is 1. The lowest BCUT2D eigenvalue weighted by molar-refractivity contribution is -0.113. The average Bonchev–Trinajstić information content (AvgIpc) is 3.24. The van der Waals surface area contributed by atoms with Crippen LogP contribution in [0.3, 0.4) is 0 Å². The third-order valence-electron chi connectivity index (χ3n) is 5.31. The van der Waals surface area contributed by atoms with Gasteiger partial charge < -0.3 is 14.5 Å². The first-order chi connectivity index (χ1) is 15.1. The fourth-order valence-electron chi connectivity index (χ4n) is 3.73. The van der Waals surface area contributed by atoms with Gasteiger partial charge in [0.15, 0.2) is 6.61 Å². The van der Waals surface area contributed by atoms with Crippen LogP contribution in [0.4, 0.5) is 5.69 Å². The number of carbonyl (C=O) groups excluding carboxylic acids is 1. The Kier molecular flexibility index (Phi) is 6.92. The fourth-order valence-corrected chi connectivity index (χ4v) is 4.31. The van der Waals surface area contributed by atoms with Crippen LogP contribution in [-0.2, 0) is 24.2 Å². The van der Waals surface area contributed by atoms with Gasteiger partial charge >= 0.3 is 0 Å². The largest absolute Gasteiger partial charge is 0.484 e. The molecular formula is C24H27N3O3S. The van der Waals surface area contributed by atoms with Gasteiger partial charge in [0.1, 0.15) is 5.75 Å². The zero-order chi connectivity index (χ0) is 21.6. The summed E-state index contributed by atoms with van der Waals surface area (Å²) in [6.45, 7) is 4.41. The number of benzene rings is 2. The lowest BCUT2D eigenvalue weighted by Gasteiger charge is -2.16. The summed E-state index contributed by atoms with van der Waals surface area (Å²) >= 11 is 1.22. The molecule has 31 heavy (non-hydrogen) atoms. The molecule has 2 aromatic carbocycles. The molecule has 1 N–H and O–H groups in total. The number of para-hydroxylation sites is 1. The first kappa shape index (κ1) is 21.4. The number of thioether (sulfide) groups is 1. The lowest BCUT2D eigenvalue weighted by Crippen LogP contribution is -2.15. The Labute approximate surface area is 186 Å². The van der Waals surface area contributed by atoms with Crippen LogP contribution in [0.2, 0.25) is 0 Å². The summed E-state index contributed by atoms with van der Waals surface area (Å²) in [5.74, 6) is 1.63. The van der Waals surface area contributed by atoms with Gasteiger partial charge in [-0.15, -0.1) is 10.2 Å². The van der Waals surface area contributed by atoms with E-state index >= 15 is 0 Å². The Morgan fingerprint density at radius 1 is 1.13 bits per heavy atom. The predicted molar refractivity (Wildman–Crippen MR) is 122 cm³/mol. The minimum absolute atomic E-state index is 0.108. The van der Waals surface area contributed by atoms with Crippen molar-refractivity contribution in [3.63, 3.8) is 0 Å². The highest BCUT2D eigenvalue weighted by atomic mass is 32.2. The maximum Gasteiger partial charge on any atom is 0.277 e. The number of hydrogen-bond donors (Lipinski definition) is 1. The van der Waals surface area contributed by atoms with E-state index in [2.05, 4.69) is 41.5 Å². The molecule has 0 fully saturated rings. The van der Waals surface area contributed by atoms with E-state index in [0.29, 0.717) is 17.0 Å². The molecule has 7 heteroatoms. The molecular weight excluding hydrogens is 410 g/mol. The highest BCUT2D eigenvalue weighted by molar-refractivity contribution is 7.99. The van der Waals surface area contributed by atoms with E-state index < -0.39 is 0 Å². The molecule has 162 valence electrons. The number of aromatic nitrogens is 2. The van der Waals surface area contributed by atoms with Crippen molar-refractivity contribution in [3.8, 4) is 5.75 Å². The van der Waals surface area contributed by atoms with Gasteiger partial charge in [-0.05, 0) is 66.5 Å². The molecule has 0 saturated heterocycles. The summed E-state index contributed by atoms with van der Waals surface area (Å²) in [6.07, 6.45) is 4.75. The summed E-state index contributed by atoms with van der Waals surface area (Å²) < 4.78 is 11.4. The van der Waals surface area contributed by atoms with E-state index in [1.807, 2.05) is 30.3 Å². The summed E-state index contributed by atoms with van der Waals surface area (Å²) in [4.78, 5) is 12.3. The fraction of sp³-hybridized carbons (Fsp3) is 0.375. The maximum absolute atomic E-state index is 12.3. The van der Waals surface area contributed by atoms with Crippen molar-refractivity contribution in [1.82, 2.24) is 10.2 Å². The Bertz CT molecular complexity index is 1050. The molecule has 4 rings (SSSR count). The van der Waals surface area contributed by atoms with Gasteiger partial charge in [-0.1, -0.05) is 49.9 Å². The number of aryl methyl sites for hydroxylation is 2. The zero-order valence-corrected chi connectivity index (χ0v) is 18.7. The van der Waals surface area contributed by atoms with Gasteiger partial charge in [0.2, 0.25) is 5.91 Å². The summed E-state index contributed by atoms with van der Waals surface area (Å²) in [6, 6.07) is 14.1. The minimum Gasteiger partial charge on any atom is -0.484 e. The number of fused-ring (bicyclic) bond motifs is 1. The molecule has 0 aliphatic heterocycles. The topological polar surface area (TPSA) is 77.2 Å². The molecule has 3 aromatic rings. The van der Waals surface area contributed by atoms with Crippen LogP contribution in [0.5, 0.6) is 5.75 Å². The molecule has 1 aromatic heterocycles. The first-order valence-corrected chi connectivity index (χ1v) is 11.7. The van der Waals surface area contributed by atoms with Crippen molar-refractivity contribution >= 4 is 23.4 Å². The highest BCUT2D eigenvalue weighted by Crippen LogP contribution is 2.27. The maximum atomic E-state index is 12.3. The number of hydrogen-bond acceptors (Lipinski definition) is 6. The van der Waals surface area contributed by atoms with Crippen LogP contribution in [-0.4, -0.2) is 21.9 Å². The number of nitrogens with zero attached hydrogens (tertiary/aromatic N) is 2. The molecule has 0 bridgehead atoms. The van der Waals surface area contributed by atoms with E-state index in [9.17, 15) is 4.79 Å². The van der Waals surface area contributed by atoms with Crippen molar-refractivity contribution in [2.75, 3.05) is 11.1 Å². The van der Waals surface area contributed by atoms with E-state index in [4.69, 9.17) is 9.15 Å². The van der Waals surface area contributed by atoms with E-state index in [-0.39, 0.29) is 18.3 Å². The third-order valence-corrected chi connectivity index (χ3v) is 6.13. The van der Waals surface area contributed by atoms with Gasteiger partial charge in [0.05, 0.1) is 5.75 Å². The van der Waals surface area contributed by atoms with E-state index in [1.165, 1.54) is 35.7 Å². The van der Waals surface area contributed by atoms with Crippen LogP contribution in [0.15, 0.2) is 52.1 Å².